The second kappa shape index (κ2) is 6.75. The van der Waals surface area contributed by atoms with Gasteiger partial charge in [-0.25, -0.2) is 0 Å². The van der Waals surface area contributed by atoms with Crippen molar-refractivity contribution in [1.29, 1.82) is 0 Å². The van der Waals surface area contributed by atoms with Gasteiger partial charge in [0.05, 0.1) is 7.11 Å². The maximum absolute atomic E-state index is 12.5. The number of benzene rings is 3. The highest BCUT2D eigenvalue weighted by Gasteiger charge is 2.10. The second-order valence-corrected chi connectivity index (χ2v) is 5.92. The Balaban J connectivity index is 1.93. The van der Waals surface area contributed by atoms with Gasteiger partial charge in [0.2, 0.25) is 0 Å². The van der Waals surface area contributed by atoms with Gasteiger partial charge in [-0.2, -0.15) is 0 Å². The van der Waals surface area contributed by atoms with Crippen LogP contribution in [0.25, 0.3) is 10.8 Å². The molecule has 0 fully saturated rings. The van der Waals surface area contributed by atoms with Gasteiger partial charge < -0.3 is 10.1 Å². The van der Waals surface area contributed by atoms with Gasteiger partial charge >= 0.3 is 0 Å². The lowest BCUT2D eigenvalue weighted by Crippen LogP contribution is -2.12. The molecule has 3 aromatic rings. The van der Waals surface area contributed by atoms with Gasteiger partial charge in [-0.05, 0) is 42.7 Å². The third-order valence-corrected chi connectivity index (χ3v) is 4.45. The molecule has 4 heteroatoms. The number of thioether (sulfide) groups is 1. The number of anilines is 1. The summed E-state index contributed by atoms with van der Waals surface area (Å²) in [6.45, 7) is 0. The molecule has 116 valence electrons. The van der Waals surface area contributed by atoms with Crippen LogP contribution in [0.1, 0.15) is 10.4 Å². The summed E-state index contributed by atoms with van der Waals surface area (Å²) in [7, 11) is 1.65. The number of methoxy groups -OCH3 is 1. The predicted molar refractivity (Wildman–Crippen MR) is 96.7 cm³/mol. The molecule has 0 atom stereocenters. The van der Waals surface area contributed by atoms with Crippen LogP contribution in [0.5, 0.6) is 5.75 Å². The molecule has 0 bridgehead atoms. The van der Waals surface area contributed by atoms with Crippen LogP contribution < -0.4 is 10.1 Å². The van der Waals surface area contributed by atoms with E-state index < -0.39 is 0 Å². The molecule has 0 spiro atoms. The van der Waals surface area contributed by atoms with Crippen molar-refractivity contribution in [2.45, 2.75) is 4.90 Å². The summed E-state index contributed by atoms with van der Waals surface area (Å²) in [5.74, 6) is 0.677. The Labute approximate surface area is 139 Å². The van der Waals surface area contributed by atoms with E-state index in [1.165, 1.54) is 0 Å². The number of carbonyl (C=O) groups is 1. The van der Waals surface area contributed by atoms with Crippen molar-refractivity contribution in [2.24, 2.45) is 0 Å². The Morgan fingerprint density at radius 1 is 0.957 bits per heavy atom. The minimum atomic E-state index is -0.118. The van der Waals surface area contributed by atoms with Crippen LogP contribution >= 0.6 is 11.8 Å². The first-order valence-corrected chi connectivity index (χ1v) is 8.46. The summed E-state index contributed by atoms with van der Waals surface area (Å²) >= 11 is 1.65. The summed E-state index contributed by atoms with van der Waals surface area (Å²) in [6, 6.07) is 19.2. The Morgan fingerprint density at radius 2 is 1.65 bits per heavy atom. The molecule has 0 unspecified atom stereocenters. The van der Waals surface area contributed by atoms with E-state index in [2.05, 4.69) is 5.32 Å². The van der Waals surface area contributed by atoms with Crippen molar-refractivity contribution in [3.63, 3.8) is 0 Å². The summed E-state index contributed by atoms with van der Waals surface area (Å²) in [5.41, 5.74) is 1.42. The third kappa shape index (κ3) is 3.17. The molecule has 0 heterocycles. The zero-order valence-corrected chi connectivity index (χ0v) is 13.8. The number of fused-ring (bicyclic) bond motifs is 1. The first-order chi connectivity index (χ1) is 11.2. The molecule has 0 aromatic heterocycles. The van der Waals surface area contributed by atoms with E-state index in [-0.39, 0.29) is 5.91 Å². The second-order valence-electron chi connectivity index (χ2n) is 5.04. The Kier molecular flexibility index (Phi) is 4.53. The van der Waals surface area contributed by atoms with E-state index in [0.717, 1.165) is 27.1 Å². The summed E-state index contributed by atoms with van der Waals surface area (Å²) in [6.07, 6.45) is 2.01. The van der Waals surface area contributed by atoms with E-state index in [1.807, 2.05) is 66.9 Å². The summed E-state index contributed by atoms with van der Waals surface area (Å²) in [4.78, 5) is 13.6. The molecule has 0 aliphatic heterocycles. The lowest BCUT2D eigenvalue weighted by molar-refractivity contribution is 0.102. The Hall–Kier alpha value is -2.46. The zero-order valence-electron chi connectivity index (χ0n) is 13.0. The molecule has 23 heavy (non-hydrogen) atoms. The number of hydrogen-bond donors (Lipinski definition) is 1. The first-order valence-electron chi connectivity index (χ1n) is 7.24. The van der Waals surface area contributed by atoms with Crippen LogP contribution in [-0.2, 0) is 0 Å². The van der Waals surface area contributed by atoms with E-state index in [9.17, 15) is 4.79 Å². The highest BCUT2D eigenvalue weighted by molar-refractivity contribution is 7.98. The van der Waals surface area contributed by atoms with Gasteiger partial charge in [-0.15, -0.1) is 11.8 Å². The van der Waals surface area contributed by atoms with Gasteiger partial charge in [0.15, 0.2) is 0 Å². The Morgan fingerprint density at radius 3 is 2.30 bits per heavy atom. The minimum Gasteiger partial charge on any atom is -0.496 e. The molecule has 0 aliphatic rings. The fraction of sp³-hybridized carbons (Fsp3) is 0.105. The lowest BCUT2D eigenvalue weighted by atomic mass is 10.1. The topological polar surface area (TPSA) is 38.3 Å². The SMILES string of the molecule is COc1ccc(NC(=O)c2ccc(SC)cc2)c2ccccc12. The van der Waals surface area contributed by atoms with Crippen molar-refractivity contribution in [3.8, 4) is 5.75 Å². The lowest BCUT2D eigenvalue weighted by Gasteiger charge is -2.12. The van der Waals surface area contributed by atoms with Crippen LogP contribution in [-0.4, -0.2) is 19.3 Å². The highest BCUT2D eigenvalue weighted by atomic mass is 32.2. The number of hydrogen-bond acceptors (Lipinski definition) is 3. The van der Waals surface area contributed by atoms with Crippen LogP contribution in [0.4, 0.5) is 5.69 Å². The molecule has 3 rings (SSSR count). The average Bonchev–Trinajstić information content (AvgIpc) is 2.62. The molecular weight excluding hydrogens is 306 g/mol. The Bertz CT molecular complexity index is 844. The monoisotopic (exact) mass is 323 g/mol. The van der Waals surface area contributed by atoms with Crippen LogP contribution in [0.2, 0.25) is 0 Å². The number of nitrogens with one attached hydrogen (secondary N) is 1. The van der Waals surface area contributed by atoms with Crippen LogP contribution in [0.15, 0.2) is 65.6 Å². The zero-order chi connectivity index (χ0) is 16.2. The predicted octanol–water partition coefficient (Wildman–Crippen LogP) is 4.82. The maximum Gasteiger partial charge on any atom is 0.255 e. The van der Waals surface area contributed by atoms with Crippen molar-refractivity contribution in [1.82, 2.24) is 0 Å². The molecule has 0 saturated carbocycles. The van der Waals surface area contributed by atoms with Crippen molar-refractivity contribution >= 4 is 34.1 Å². The summed E-state index contributed by atoms with van der Waals surface area (Å²) < 4.78 is 5.38. The molecule has 0 saturated heterocycles. The smallest absolute Gasteiger partial charge is 0.255 e. The number of carbonyl (C=O) groups excluding carboxylic acids is 1. The molecule has 1 N–H and O–H groups in total. The number of rotatable bonds is 4. The molecule has 1 amide bonds. The number of ether oxygens (including phenoxy) is 1. The average molecular weight is 323 g/mol. The molecule has 0 aliphatic carbocycles. The molecular formula is C19H17NO2S. The summed E-state index contributed by atoms with van der Waals surface area (Å²) in [5, 5.41) is 4.93. The van der Waals surface area contributed by atoms with Crippen molar-refractivity contribution in [2.75, 3.05) is 18.7 Å². The van der Waals surface area contributed by atoms with Crippen molar-refractivity contribution in [3.05, 3.63) is 66.2 Å². The van der Waals surface area contributed by atoms with E-state index in [1.54, 1.807) is 18.9 Å². The molecule has 0 radical (unpaired) electrons. The van der Waals surface area contributed by atoms with Gasteiger partial charge in [-0.1, -0.05) is 24.3 Å². The van der Waals surface area contributed by atoms with E-state index >= 15 is 0 Å². The van der Waals surface area contributed by atoms with Gasteiger partial charge in [0.25, 0.3) is 5.91 Å². The standard InChI is InChI=1S/C19H17NO2S/c1-22-18-12-11-17(15-5-3-4-6-16(15)18)20-19(21)13-7-9-14(23-2)10-8-13/h3-12H,1-2H3,(H,20,21). The molecule has 3 nitrogen and oxygen atoms in total. The van der Waals surface area contributed by atoms with E-state index in [0.29, 0.717) is 5.56 Å². The number of amides is 1. The van der Waals surface area contributed by atoms with Gasteiger partial charge in [0.1, 0.15) is 5.75 Å². The van der Waals surface area contributed by atoms with E-state index in [4.69, 9.17) is 4.74 Å². The fourth-order valence-electron chi connectivity index (χ4n) is 2.50. The minimum absolute atomic E-state index is 0.118. The van der Waals surface area contributed by atoms with Crippen molar-refractivity contribution < 1.29 is 9.53 Å². The quantitative estimate of drug-likeness (QED) is 0.699. The normalized spacial score (nSPS) is 10.5. The van der Waals surface area contributed by atoms with Crippen LogP contribution in [0.3, 0.4) is 0 Å². The van der Waals surface area contributed by atoms with Gasteiger partial charge in [0, 0.05) is 26.9 Å². The van der Waals surface area contributed by atoms with Gasteiger partial charge in [-0.3, -0.25) is 4.79 Å². The fourth-order valence-corrected chi connectivity index (χ4v) is 2.90. The first kappa shape index (κ1) is 15.4. The molecule has 3 aromatic carbocycles. The third-order valence-electron chi connectivity index (χ3n) is 3.70. The maximum atomic E-state index is 12.5. The highest BCUT2D eigenvalue weighted by Crippen LogP contribution is 2.31. The largest absolute Gasteiger partial charge is 0.496 e. The van der Waals surface area contributed by atoms with Crippen LogP contribution in [0, 0.1) is 0 Å².